The van der Waals surface area contributed by atoms with Gasteiger partial charge < -0.3 is 14.2 Å². The summed E-state index contributed by atoms with van der Waals surface area (Å²) in [6, 6.07) is 30.6. The van der Waals surface area contributed by atoms with Gasteiger partial charge in [-0.2, -0.15) is 0 Å². The number of halogens is 2. The summed E-state index contributed by atoms with van der Waals surface area (Å²) in [5.41, 5.74) is 2.46. The highest BCUT2D eigenvalue weighted by Crippen LogP contribution is 2.36. The molecule has 0 aromatic heterocycles. The molecule has 0 spiro atoms. The molecule has 10 heteroatoms. The van der Waals surface area contributed by atoms with Crippen LogP contribution in [0.1, 0.15) is 23.6 Å². The van der Waals surface area contributed by atoms with Crippen LogP contribution in [-0.2, 0) is 22.8 Å². The predicted octanol–water partition coefficient (Wildman–Crippen LogP) is 8.32. The largest absolute Gasteiger partial charge is 0.490 e. The molecule has 0 bridgehead atoms. The number of barbiturate groups is 1. The first-order valence-electron chi connectivity index (χ1n) is 14.8. The van der Waals surface area contributed by atoms with Crippen LogP contribution < -0.4 is 24.4 Å². The van der Waals surface area contributed by atoms with Crippen LogP contribution in [0.3, 0.4) is 0 Å². The van der Waals surface area contributed by atoms with Gasteiger partial charge in [-0.15, -0.1) is 0 Å². The molecule has 8 nitrogen and oxygen atoms in total. The number of carbonyl (C=O) groups is 3. The molecule has 1 saturated heterocycles. The molecule has 4 amide bonds. The van der Waals surface area contributed by atoms with Crippen LogP contribution in [0.2, 0.25) is 5.02 Å². The zero-order valence-corrected chi connectivity index (χ0v) is 28.1. The Bertz CT molecular complexity index is 2020. The van der Waals surface area contributed by atoms with Crippen molar-refractivity contribution in [3.8, 4) is 17.2 Å². The average molecular weight is 759 g/mol. The average Bonchev–Trinajstić information content (AvgIpc) is 3.06. The number of benzene rings is 5. The molecule has 0 radical (unpaired) electrons. The zero-order valence-electron chi connectivity index (χ0n) is 25.2. The third kappa shape index (κ3) is 7.11. The van der Waals surface area contributed by atoms with Crippen molar-refractivity contribution in [2.45, 2.75) is 20.1 Å². The Morgan fingerprint density at radius 3 is 2.30 bits per heavy atom. The fourth-order valence-electron chi connectivity index (χ4n) is 5.17. The van der Waals surface area contributed by atoms with E-state index in [-0.39, 0.29) is 17.9 Å². The van der Waals surface area contributed by atoms with Crippen LogP contribution in [-0.4, -0.2) is 24.5 Å². The first-order valence-corrected chi connectivity index (χ1v) is 16.2. The molecule has 0 saturated carbocycles. The molecule has 236 valence electrons. The van der Waals surface area contributed by atoms with Gasteiger partial charge in [-0.05, 0) is 100.0 Å². The second-order valence-corrected chi connectivity index (χ2v) is 12.1. The van der Waals surface area contributed by atoms with Crippen LogP contribution in [0.5, 0.6) is 17.2 Å². The highest BCUT2D eigenvalue weighted by molar-refractivity contribution is 14.1. The molecule has 1 N–H and O–H groups in total. The summed E-state index contributed by atoms with van der Waals surface area (Å²) >= 11 is 8.36. The molecule has 1 fully saturated rings. The third-order valence-corrected chi connectivity index (χ3v) is 8.61. The number of nitrogens with one attached hydrogen (secondary N) is 1. The fourth-order valence-corrected chi connectivity index (χ4v) is 6.14. The maximum Gasteiger partial charge on any atom is 0.335 e. The van der Waals surface area contributed by atoms with Gasteiger partial charge >= 0.3 is 6.03 Å². The minimum absolute atomic E-state index is 0.202. The standard InChI is InChI=1S/C37H28ClIN2O6/c1-2-45-33-20-23(19-32(39)34(33)47-21-25-11-7-10-24-8-3-5-12-29(24)25)18-30-35(42)40-37(44)41(36(30)43)27-14-16-28(17-15-27)46-22-26-9-4-6-13-31(26)38/h3-20H,2,21-22H2,1H3,(H,40,42,44)/b30-18+. The van der Waals surface area contributed by atoms with Crippen molar-refractivity contribution < 1.29 is 28.6 Å². The van der Waals surface area contributed by atoms with Crippen molar-refractivity contribution in [1.82, 2.24) is 5.32 Å². The number of hydrogen-bond acceptors (Lipinski definition) is 6. The fraction of sp³-hybridized carbons (Fsp3) is 0.108. The van der Waals surface area contributed by atoms with E-state index in [2.05, 4.69) is 46.1 Å². The topological polar surface area (TPSA) is 94.2 Å². The van der Waals surface area contributed by atoms with Crippen molar-refractivity contribution in [3.63, 3.8) is 0 Å². The van der Waals surface area contributed by atoms with E-state index in [4.69, 9.17) is 25.8 Å². The second kappa shape index (κ2) is 14.3. The van der Waals surface area contributed by atoms with E-state index < -0.39 is 17.8 Å². The van der Waals surface area contributed by atoms with E-state index in [1.807, 2.05) is 49.4 Å². The molecule has 6 rings (SSSR count). The van der Waals surface area contributed by atoms with Gasteiger partial charge in [0.2, 0.25) is 0 Å². The third-order valence-electron chi connectivity index (χ3n) is 7.44. The number of imide groups is 2. The van der Waals surface area contributed by atoms with Gasteiger partial charge in [-0.1, -0.05) is 72.3 Å². The van der Waals surface area contributed by atoms with Crippen molar-refractivity contribution in [2.75, 3.05) is 11.5 Å². The maximum atomic E-state index is 13.6. The lowest BCUT2D eigenvalue weighted by Crippen LogP contribution is -2.54. The number of nitrogens with zero attached hydrogens (tertiary/aromatic N) is 1. The maximum absolute atomic E-state index is 13.6. The van der Waals surface area contributed by atoms with Gasteiger partial charge in [-0.25, -0.2) is 9.69 Å². The number of carbonyl (C=O) groups excluding carboxylic acids is 3. The summed E-state index contributed by atoms with van der Waals surface area (Å²) in [5, 5.41) is 5.09. The van der Waals surface area contributed by atoms with Gasteiger partial charge in [0.1, 0.15) is 24.5 Å². The van der Waals surface area contributed by atoms with Crippen LogP contribution in [0.15, 0.2) is 109 Å². The van der Waals surface area contributed by atoms with Crippen LogP contribution >= 0.6 is 34.2 Å². The SMILES string of the molecule is CCOc1cc(/C=C2\C(=O)NC(=O)N(c3ccc(OCc4ccccc4Cl)cc3)C2=O)cc(I)c1OCc1cccc2ccccc12. The van der Waals surface area contributed by atoms with E-state index in [0.29, 0.717) is 41.0 Å². The minimum Gasteiger partial charge on any atom is -0.490 e. The van der Waals surface area contributed by atoms with Crippen molar-refractivity contribution in [2.24, 2.45) is 0 Å². The number of rotatable bonds is 10. The molecule has 5 aromatic carbocycles. The highest BCUT2D eigenvalue weighted by Gasteiger charge is 2.37. The van der Waals surface area contributed by atoms with Crippen LogP contribution in [0.25, 0.3) is 16.8 Å². The number of hydrogen-bond donors (Lipinski definition) is 1. The Balaban J connectivity index is 1.22. The second-order valence-electron chi connectivity index (χ2n) is 10.5. The van der Waals surface area contributed by atoms with Gasteiger partial charge in [-0.3, -0.25) is 14.9 Å². The first kappa shape index (κ1) is 32.1. The normalized spacial score (nSPS) is 14.0. The molecule has 1 heterocycles. The summed E-state index contributed by atoms with van der Waals surface area (Å²) < 4.78 is 18.8. The van der Waals surface area contributed by atoms with Crippen LogP contribution in [0, 0.1) is 3.57 Å². The Kier molecular flexibility index (Phi) is 9.74. The van der Waals surface area contributed by atoms with E-state index in [0.717, 1.165) is 30.4 Å². The lowest BCUT2D eigenvalue weighted by molar-refractivity contribution is -0.122. The number of ether oxygens (including phenoxy) is 3. The van der Waals surface area contributed by atoms with Gasteiger partial charge in [0.15, 0.2) is 11.5 Å². The van der Waals surface area contributed by atoms with Crippen molar-refractivity contribution in [1.29, 1.82) is 0 Å². The van der Waals surface area contributed by atoms with Crippen molar-refractivity contribution in [3.05, 3.63) is 134 Å². The minimum atomic E-state index is -0.844. The van der Waals surface area contributed by atoms with E-state index in [1.54, 1.807) is 42.5 Å². The first-order chi connectivity index (χ1) is 22.8. The summed E-state index contributed by atoms with van der Waals surface area (Å²) in [6.45, 7) is 2.81. The van der Waals surface area contributed by atoms with Gasteiger partial charge in [0, 0.05) is 10.6 Å². The Hall–Kier alpha value is -4.87. The molecule has 1 aliphatic heterocycles. The van der Waals surface area contributed by atoms with Gasteiger partial charge in [0.05, 0.1) is 15.9 Å². The summed E-state index contributed by atoms with van der Waals surface area (Å²) in [6.07, 6.45) is 1.44. The van der Waals surface area contributed by atoms with E-state index in [9.17, 15) is 14.4 Å². The molecule has 0 atom stereocenters. The molecule has 0 unspecified atom stereocenters. The summed E-state index contributed by atoms with van der Waals surface area (Å²) in [7, 11) is 0. The lowest BCUT2D eigenvalue weighted by Gasteiger charge is -2.26. The lowest BCUT2D eigenvalue weighted by atomic mass is 10.1. The van der Waals surface area contributed by atoms with Crippen molar-refractivity contribution >= 4 is 74.6 Å². The molecule has 1 aliphatic rings. The Morgan fingerprint density at radius 2 is 1.51 bits per heavy atom. The van der Waals surface area contributed by atoms with E-state index >= 15 is 0 Å². The number of fused-ring (bicyclic) bond motifs is 1. The van der Waals surface area contributed by atoms with Crippen LogP contribution in [0.4, 0.5) is 10.5 Å². The smallest absolute Gasteiger partial charge is 0.335 e. The zero-order chi connectivity index (χ0) is 32.9. The quantitative estimate of drug-likeness (QED) is 0.0875. The molecule has 5 aromatic rings. The Labute approximate surface area is 290 Å². The highest BCUT2D eigenvalue weighted by atomic mass is 127. The molecule has 0 aliphatic carbocycles. The predicted molar refractivity (Wildman–Crippen MR) is 190 cm³/mol. The monoisotopic (exact) mass is 758 g/mol. The summed E-state index contributed by atoms with van der Waals surface area (Å²) in [4.78, 5) is 40.2. The number of urea groups is 1. The van der Waals surface area contributed by atoms with E-state index in [1.165, 1.54) is 6.08 Å². The summed E-state index contributed by atoms with van der Waals surface area (Å²) in [5.74, 6) is -0.00911. The number of amides is 4. The molecular formula is C37H28ClIN2O6. The molecule has 47 heavy (non-hydrogen) atoms. The number of anilines is 1. The Morgan fingerprint density at radius 1 is 0.809 bits per heavy atom. The van der Waals surface area contributed by atoms with Gasteiger partial charge in [0.25, 0.3) is 11.8 Å². The molecular weight excluding hydrogens is 731 g/mol.